The van der Waals surface area contributed by atoms with Gasteiger partial charge in [-0.05, 0) is 32.3 Å². The third-order valence-electron chi connectivity index (χ3n) is 3.30. The highest BCUT2D eigenvalue weighted by Crippen LogP contribution is 2.32. The van der Waals surface area contributed by atoms with Crippen molar-refractivity contribution in [2.45, 2.75) is 32.9 Å². The maximum atomic E-state index is 12.9. The van der Waals surface area contributed by atoms with Crippen LogP contribution in [0.1, 0.15) is 29.1 Å². The maximum Gasteiger partial charge on any atom is 0.433 e. The molecular weight excluding hydrogens is 291 g/mol. The van der Waals surface area contributed by atoms with Gasteiger partial charge in [0, 0.05) is 12.1 Å². The van der Waals surface area contributed by atoms with Crippen molar-refractivity contribution >= 4 is 5.82 Å². The summed E-state index contributed by atoms with van der Waals surface area (Å²) in [5.74, 6) is 0.372. The van der Waals surface area contributed by atoms with E-state index in [1.807, 2.05) is 30.3 Å². The largest absolute Gasteiger partial charge is 0.433 e. The van der Waals surface area contributed by atoms with Crippen molar-refractivity contribution in [1.29, 1.82) is 0 Å². The van der Waals surface area contributed by atoms with E-state index in [0.29, 0.717) is 6.54 Å². The fourth-order valence-corrected chi connectivity index (χ4v) is 2.22. The van der Waals surface area contributed by atoms with Gasteiger partial charge in [-0.1, -0.05) is 30.3 Å². The van der Waals surface area contributed by atoms with Gasteiger partial charge in [0.25, 0.3) is 0 Å². The Bertz CT molecular complexity index is 625. The number of nitrogens with zero attached hydrogens (tertiary/aromatic N) is 2. The van der Waals surface area contributed by atoms with Gasteiger partial charge in [0.15, 0.2) is 5.69 Å². The third kappa shape index (κ3) is 4.19. The lowest BCUT2D eigenvalue weighted by atomic mass is 10.1. The minimum Gasteiger partial charge on any atom is -0.370 e. The molecule has 0 radical (unpaired) electrons. The summed E-state index contributed by atoms with van der Waals surface area (Å²) in [4.78, 5) is 7.57. The summed E-state index contributed by atoms with van der Waals surface area (Å²) >= 11 is 0. The lowest BCUT2D eigenvalue weighted by molar-refractivity contribution is -0.141. The van der Waals surface area contributed by atoms with Crippen molar-refractivity contribution in [3.05, 3.63) is 53.0 Å². The molecule has 0 spiro atoms. The molecule has 0 bridgehead atoms. The Kier molecular flexibility index (Phi) is 5.00. The first-order valence-electron chi connectivity index (χ1n) is 7.08. The van der Waals surface area contributed by atoms with E-state index in [-0.39, 0.29) is 17.2 Å². The average Bonchev–Trinajstić information content (AvgIpc) is 2.46. The molecule has 0 saturated heterocycles. The van der Waals surface area contributed by atoms with Gasteiger partial charge in [-0.15, -0.1) is 0 Å². The highest BCUT2D eigenvalue weighted by atomic mass is 19.4. The lowest BCUT2D eigenvalue weighted by Crippen LogP contribution is -2.16. The fourth-order valence-electron chi connectivity index (χ4n) is 2.22. The summed E-state index contributed by atoms with van der Waals surface area (Å²) in [6.45, 7) is 3.41. The normalized spacial score (nSPS) is 11.5. The molecule has 2 rings (SSSR count). The van der Waals surface area contributed by atoms with Crippen LogP contribution in [0.4, 0.5) is 19.0 Å². The Morgan fingerprint density at radius 2 is 1.73 bits per heavy atom. The van der Waals surface area contributed by atoms with Crippen LogP contribution in [0, 0.1) is 13.8 Å². The predicted molar refractivity (Wildman–Crippen MR) is 79.8 cm³/mol. The Labute approximate surface area is 127 Å². The van der Waals surface area contributed by atoms with Gasteiger partial charge in [0.1, 0.15) is 11.6 Å². The van der Waals surface area contributed by atoms with Gasteiger partial charge in [-0.2, -0.15) is 13.2 Å². The standard InChI is InChI=1S/C16H18F3N3/c1-11-14(16(17,18)19)21-12(2)22-15(11)20-10-6-9-13-7-4-3-5-8-13/h3-5,7-8H,6,9-10H2,1-2H3,(H,20,21,22). The second-order valence-corrected chi connectivity index (χ2v) is 5.11. The SMILES string of the molecule is Cc1nc(NCCCc2ccccc2)c(C)c(C(F)(F)F)n1. The maximum absolute atomic E-state index is 12.9. The van der Waals surface area contributed by atoms with E-state index in [1.54, 1.807) is 0 Å². The number of hydrogen-bond acceptors (Lipinski definition) is 3. The summed E-state index contributed by atoms with van der Waals surface area (Å²) in [5, 5.41) is 2.99. The minimum absolute atomic E-state index is 0.0396. The first-order valence-corrected chi connectivity index (χ1v) is 7.08. The second-order valence-electron chi connectivity index (χ2n) is 5.11. The molecule has 1 aromatic carbocycles. The molecule has 1 aromatic heterocycles. The van der Waals surface area contributed by atoms with E-state index in [2.05, 4.69) is 15.3 Å². The third-order valence-corrected chi connectivity index (χ3v) is 3.30. The van der Waals surface area contributed by atoms with Gasteiger partial charge in [-0.25, -0.2) is 9.97 Å². The fraction of sp³-hybridized carbons (Fsp3) is 0.375. The Hall–Kier alpha value is -2.11. The topological polar surface area (TPSA) is 37.8 Å². The lowest BCUT2D eigenvalue weighted by Gasteiger charge is -2.14. The van der Waals surface area contributed by atoms with Crippen molar-refractivity contribution in [3.63, 3.8) is 0 Å². The molecule has 2 aromatic rings. The van der Waals surface area contributed by atoms with Crippen LogP contribution in [0.3, 0.4) is 0 Å². The van der Waals surface area contributed by atoms with Crippen LogP contribution in [-0.4, -0.2) is 16.5 Å². The number of hydrogen-bond donors (Lipinski definition) is 1. The molecule has 0 aliphatic heterocycles. The zero-order valence-electron chi connectivity index (χ0n) is 12.5. The Morgan fingerprint density at radius 3 is 2.36 bits per heavy atom. The van der Waals surface area contributed by atoms with Crippen molar-refractivity contribution < 1.29 is 13.2 Å². The van der Waals surface area contributed by atoms with Crippen LogP contribution in [0.15, 0.2) is 30.3 Å². The van der Waals surface area contributed by atoms with Crippen LogP contribution in [0.5, 0.6) is 0 Å². The van der Waals surface area contributed by atoms with Crippen molar-refractivity contribution in [3.8, 4) is 0 Å². The summed E-state index contributed by atoms with van der Waals surface area (Å²) in [5.41, 5.74) is 0.374. The molecule has 22 heavy (non-hydrogen) atoms. The molecule has 3 nitrogen and oxygen atoms in total. The van der Waals surface area contributed by atoms with E-state index in [9.17, 15) is 13.2 Å². The van der Waals surface area contributed by atoms with Gasteiger partial charge in [0.2, 0.25) is 0 Å². The number of benzene rings is 1. The monoisotopic (exact) mass is 309 g/mol. The number of halogens is 3. The smallest absolute Gasteiger partial charge is 0.370 e. The molecule has 0 aliphatic carbocycles. The van der Waals surface area contributed by atoms with Crippen LogP contribution < -0.4 is 5.32 Å². The number of rotatable bonds is 5. The molecule has 0 fully saturated rings. The molecule has 1 N–H and O–H groups in total. The Balaban J connectivity index is 2.00. The predicted octanol–water partition coefficient (Wildman–Crippen LogP) is 4.16. The zero-order chi connectivity index (χ0) is 16.2. The van der Waals surface area contributed by atoms with Crippen molar-refractivity contribution in [1.82, 2.24) is 9.97 Å². The molecule has 6 heteroatoms. The highest BCUT2D eigenvalue weighted by Gasteiger charge is 2.35. The molecule has 1 heterocycles. The van der Waals surface area contributed by atoms with Crippen molar-refractivity contribution in [2.24, 2.45) is 0 Å². The zero-order valence-corrected chi connectivity index (χ0v) is 12.5. The quantitative estimate of drug-likeness (QED) is 0.843. The van der Waals surface area contributed by atoms with Gasteiger partial charge >= 0.3 is 6.18 Å². The van der Waals surface area contributed by atoms with E-state index in [4.69, 9.17) is 0 Å². The summed E-state index contributed by atoms with van der Waals surface area (Å²) < 4.78 is 38.7. The van der Waals surface area contributed by atoms with Crippen LogP contribution in [0.2, 0.25) is 0 Å². The number of anilines is 1. The van der Waals surface area contributed by atoms with E-state index >= 15 is 0 Å². The van der Waals surface area contributed by atoms with Crippen LogP contribution >= 0.6 is 0 Å². The number of alkyl halides is 3. The number of aryl methyl sites for hydroxylation is 2. The molecule has 0 unspecified atom stereocenters. The first kappa shape index (κ1) is 16.3. The summed E-state index contributed by atoms with van der Waals surface area (Å²) in [7, 11) is 0. The number of aromatic nitrogens is 2. The van der Waals surface area contributed by atoms with Gasteiger partial charge < -0.3 is 5.32 Å². The molecular formula is C16H18F3N3. The highest BCUT2D eigenvalue weighted by molar-refractivity contribution is 5.46. The molecule has 0 atom stereocenters. The average molecular weight is 309 g/mol. The summed E-state index contributed by atoms with van der Waals surface area (Å²) in [6, 6.07) is 9.95. The van der Waals surface area contributed by atoms with E-state index in [1.165, 1.54) is 19.4 Å². The first-order chi connectivity index (χ1) is 10.4. The van der Waals surface area contributed by atoms with E-state index in [0.717, 1.165) is 12.8 Å². The van der Waals surface area contributed by atoms with Gasteiger partial charge in [0.05, 0.1) is 0 Å². The molecule has 0 saturated carbocycles. The minimum atomic E-state index is -4.46. The Morgan fingerprint density at radius 1 is 1.05 bits per heavy atom. The number of nitrogens with one attached hydrogen (secondary N) is 1. The molecule has 0 aliphatic rings. The van der Waals surface area contributed by atoms with Gasteiger partial charge in [-0.3, -0.25) is 0 Å². The van der Waals surface area contributed by atoms with Crippen LogP contribution in [0.25, 0.3) is 0 Å². The van der Waals surface area contributed by atoms with E-state index < -0.39 is 11.9 Å². The summed E-state index contributed by atoms with van der Waals surface area (Å²) in [6.07, 6.45) is -2.78. The molecule has 0 amide bonds. The molecule has 118 valence electrons. The van der Waals surface area contributed by atoms with Crippen LogP contribution in [-0.2, 0) is 12.6 Å². The second kappa shape index (κ2) is 6.77. The van der Waals surface area contributed by atoms with Crippen molar-refractivity contribution in [2.75, 3.05) is 11.9 Å².